The molecule has 0 aromatic heterocycles. The number of benzene rings is 3. The van der Waals surface area contributed by atoms with E-state index in [0.29, 0.717) is 12.4 Å². The molecule has 0 spiro atoms. The van der Waals surface area contributed by atoms with Crippen molar-refractivity contribution in [3.8, 4) is 5.75 Å². The number of sulfonamides is 1. The molecule has 2 amide bonds. The second-order valence-corrected chi connectivity index (χ2v) is 12.8. The monoisotopic (exact) mass is 591 g/mol. The van der Waals surface area contributed by atoms with Gasteiger partial charge in [-0.2, -0.15) is 0 Å². The van der Waals surface area contributed by atoms with E-state index in [4.69, 9.17) is 4.74 Å². The number of nitrogens with zero attached hydrogens (tertiary/aromatic N) is 2. The molecule has 3 aromatic rings. The molecular formula is C33H41N3O5S. The zero-order valence-electron chi connectivity index (χ0n) is 24.9. The molecule has 1 aliphatic carbocycles. The summed E-state index contributed by atoms with van der Waals surface area (Å²) in [5.41, 5.74) is 3.09. The predicted molar refractivity (Wildman–Crippen MR) is 165 cm³/mol. The van der Waals surface area contributed by atoms with Crippen LogP contribution in [-0.2, 0) is 26.2 Å². The van der Waals surface area contributed by atoms with Gasteiger partial charge in [0, 0.05) is 12.6 Å². The van der Waals surface area contributed by atoms with Gasteiger partial charge in [0.2, 0.25) is 11.8 Å². The molecule has 0 heterocycles. The minimum Gasteiger partial charge on any atom is -0.492 e. The van der Waals surface area contributed by atoms with Crippen LogP contribution >= 0.6 is 0 Å². The minimum atomic E-state index is -4.18. The molecule has 1 atom stereocenters. The van der Waals surface area contributed by atoms with Crippen LogP contribution in [0.25, 0.3) is 0 Å². The van der Waals surface area contributed by atoms with Crippen molar-refractivity contribution in [2.45, 2.75) is 76.9 Å². The number of anilines is 1. The summed E-state index contributed by atoms with van der Waals surface area (Å²) < 4.78 is 35.1. The Bertz CT molecular complexity index is 1470. The van der Waals surface area contributed by atoms with Crippen molar-refractivity contribution in [1.29, 1.82) is 0 Å². The first kappa shape index (κ1) is 31.1. The molecule has 0 bridgehead atoms. The van der Waals surface area contributed by atoms with Gasteiger partial charge >= 0.3 is 0 Å². The highest BCUT2D eigenvalue weighted by Crippen LogP contribution is 2.33. The maximum Gasteiger partial charge on any atom is 0.264 e. The Morgan fingerprint density at radius 1 is 0.929 bits per heavy atom. The van der Waals surface area contributed by atoms with Crippen molar-refractivity contribution in [3.63, 3.8) is 0 Å². The van der Waals surface area contributed by atoms with Crippen LogP contribution in [0.4, 0.5) is 5.69 Å². The van der Waals surface area contributed by atoms with Gasteiger partial charge in [-0.15, -0.1) is 0 Å². The van der Waals surface area contributed by atoms with Gasteiger partial charge in [-0.1, -0.05) is 72.5 Å². The number of rotatable bonds is 12. The SMILES string of the molecule is CCOc1ccccc1N(CC(=O)N(Cc1ccc(C)cc1)[C@@H](C)C(=O)NC1CCCC1)S(=O)(=O)c1ccc(C)cc1. The number of nitrogens with one attached hydrogen (secondary N) is 1. The fraction of sp³-hybridized carbons (Fsp3) is 0.394. The van der Waals surface area contributed by atoms with Gasteiger partial charge in [0.25, 0.3) is 10.0 Å². The standard InChI is InChI=1S/C33H41N3O5S/c1-5-41-31-13-9-8-12-30(31)36(42(39,40)29-20-16-25(3)17-21-29)23-32(37)35(22-27-18-14-24(2)15-19-27)26(4)33(38)34-28-10-6-7-11-28/h8-9,12-21,26,28H,5-7,10-11,22-23H2,1-4H3,(H,34,38)/t26-/m0/s1. The zero-order chi connectivity index (χ0) is 30.3. The predicted octanol–water partition coefficient (Wildman–Crippen LogP) is 5.37. The van der Waals surface area contributed by atoms with Gasteiger partial charge in [0.05, 0.1) is 17.2 Å². The van der Waals surface area contributed by atoms with E-state index in [0.717, 1.165) is 46.7 Å². The van der Waals surface area contributed by atoms with E-state index >= 15 is 0 Å². The normalized spacial score (nSPS) is 14.3. The maximum atomic E-state index is 14.2. The molecule has 0 saturated heterocycles. The first-order valence-corrected chi connectivity index (χ1v) is 16.0. The number of aryl methyl sites for hydroxylation is 2. The molecular weight excluding hydrogens is 550 g/mol. The number of para-hydroxylation sites is 2. The molecule has 9 heteroatoms. The largest absolute Gasteiger partial charge is 0.492 e. The third-order valence-electron chi connectivity index (χ3n) is 7.66. The number of hydrogen-bond acceptors (Lipinski definition) is 5. The average molecular weight is 592 g/mol. The Balaban J connectivity index is 1.72. The fourth-order valence-corrected chi connectivity index (χ4v) is 6.58. The lowest BCUT2D eigenvalue weighted by Crippen LogP contribution is -2.52. The van der Waals surface area contributed by atoms with Crippen molar-refractivity contribution in [3.05, 3.63) is 89.5 Å². The molecule has 42 heavy (non-hydrogen) atoms. The van der Waals surface area contributed by atoms with Crippen LogP contribution in [0.3, 0.4) is 0 Å². The number of carbonyl (C=O) groups is 2. The second-order valence-electron chi connectivity index (χ2n) is 10.9. The molecule has 3 aromatic carbocycles. The van der Waals surface area contributed by atoms with Gasteiger partial charge in [-0.3, -0.25) is 13.9 Å². The highest BCUT2D eigenvalue weighted by molar-refractivity contribution is 7.92. The van der Waals surface area contributed by atoms with E-state index in [9.17, 15) is 18.0 Å². The van der Waals surface area contributed by atoms with Crippen LogP contribution in [0.1, 0.15) is 56.2 Å². The van der Waals surface area contributed by atoms with E-state index < -0.39 is 28.5 Å². The van der Waals surface area contributed by atoms with Gasteiger partial charge < -0.3 is 15.0 Å². The van der Waals surface area contributed by atoms with Crippen molar-refractivity contribution in [1.82, 2.24) is 10.2 Å². The summed E-state index contributed by atoms with van der Waals surface area (Å²) in [5, 5.41) is 3.10. The van der Waals surface area contributed by atoms with Crippen LogP contribution in [0.2, 0.25) is 0 Å². The van der Waals surface area contributed by atoms with Crippen LogP contribution in [-0.4, -0.2) is 50.4 Å². The summed E-state index contributed by atoms with van der Waals surface area (Å²) in [5.74, 6) is -0.391. The summed E-state index contributed by atoms with van der Waals surface area (Å²) in [7, 11) is -4.18. The average Bonchev–Trinajstić information content (AvgIpc) is 3.49. The number of carbonyl (C=O) groups excluding carboxylic acids is 2. The van der Waals surface area contributed by atoms with Gasteiger partial charge in [0.1, 0.15) is 18.3 Å². The van der Waals surface area contributed by atoms with E-state index in [2.05, 4.69) is 5.32 Å². The quantitative estimate of drug-likeness (QED) is 0.305. The summed E-state index contributed by atoms with van der Waals surface area (Å²) in [6.45, 7) is 7.34. The molecule has 0 radical (unpaired) electrons. The van der Waals surface area contributed by atoms with E-state index in [1.165, 1.54) is 17.0 Å². The Kier molecular flexibility index (Phi) is 10.3. The smallest absolute Gasteiger partial charge is 0.264 e. The number of amides is 2. The molecule has 8 nitrogen and oxygen atoms in total. The Morgan fingerprint density at radius 3 is 2.14 bits per heavy atom. The molecule has 0 aliphatic heterocycles. The summed E-state index contributed by atoms with van der Waals surface area (Å²) >= 11 is 0. The lowest BCUT2D eigenvalue weighted by molar-refractivity contribution is -0.139. The molecule has 0 unspecified atom stereocenters. The first-order valence-electron chi connectivity index (χ1n) is 14.6. The molecule has 1 fully saturated rings. The third-order valence-corrected chi connectivity index (χ3v) is 9.44. The maximum absolute atomic E-state index is 14.2. The van der Waals surface area contributed by atoms with E-state index in [1.54, 1.807) is 43.3 Å². The van der Waals surface area contributed by atoms with Gasteiger partial charge in [-0.05, 0) is 70.4 Å². The summed E-state index contributed by atoms with van der Waals surface area (Å²) in [6, 6.07) is 20.3. The lowest BCUT2D eigenvalue weighted by atomic mass is 10.1. The molecule has 1 N–H and O–H groups in total. The van der Waals surface area contributed by atoms with E-state index in [1.807, 2.05) is 45.0 Å². The zero-order valence-corrected chi connectivity index (χ0v) is 25.7. The van der Waals surface area contributed by atoms with Crippen molar-refractivity contribution < 1.29 is 22.7 Å². The highest BCUT2D eigenvalue weighted by atomic mass is 32.2. The van der Waals surface area contributed by atoms with E-state index in [-0.39, 0.29) is 29.1 Å². The molecule has 1 aliphatic rings. The first-order chi connectivity index (χ1) is 20.1. The van der Waals surface area contributed by atoms with Crippen LogP contribution in [0.15, 0.2) is 77.7 Å². The van der Waals surface area contributed by atoms with Crippen molar-refractivity contribution >= 4 is 27.5 Å². The summed E-state index contributed by atoms with van der Waals surface area (Å²) in [4.78, 5) is 29.1. The Morgan fingerprint density at radius 2 is 1.52 bits per heavy atom. The molecule has 224 valence electrons. The topological polar surface area (TPSA) is 96.0 Å². The Labute approximate surface area is 249 Å². The van der Waals surface area contributed by atoms with Crippen LogP contribution in [0.5, 0.6) is 5.75 Å². The number of ether oxygens (including phenoxy) is 1. The molecule has 4 rings (SSSR count). The van der Waals surface area contributed by atoms with Crippen molar-refractivity contribution in [2.24, 2.45) is 0 Å². The van der Waals surface area contributed by atoms with Crippen LogP contribution in [0, 0.1) is 13.8 Å². The van der Waals surface area contributed by atoms with Gasteiger partial charge in [0.15, 0.2) is 0 Å². The van der Waals surface area contributed by atoms with Crippen LogP contribution < -0.4 is 14.4 Å². The minimum absolute atomic E-state index is 0.0595. The number of hydrogen-bond donors (Lipinski definition) is 1. The van der Waals surface area contributed by atoms with Crippen molar-refractivity contribution in [2.75, 3.05) is 17.5 Å². The Hall–Kier alpha value is -3.85. The summed E-state index contributed by atoms with van der Waals surface area (Å²) in [6.07, 6.45) is 3.97. The fourth-order valence-electron chi connectivity index (χ4n) is 5.16. The lowest BCUT2D eigenvalue weighted by Gasteiger charge is -2.33. The van der Waals surface area contributed by atoms with Gasteiger partial charge in [-0.25, -0.2) is 8.42 Å². The molecule has 1 saturated carbocycles. The third kappa shape index (κ3) is 7.50. The second kappa shape index (κ2) is 13.9. The highest BCUT2D eigenvalue weighted by Gasteiger charge is 2.34.